The highest BCUT2D eigenvalue weighted by molar-refractivity contribution is 5.91. The zero-order valence-corrected chi connectivity index (χ0v) is 14.6. The molecule has 1 atom stereocenters. The van der Waals surface area contributed by atoms with Gasteiger partial charge in [-0.15, -0.1) is 0 Å². The summed E-state index contributed by atoms with van der Waals surface area (Å²) in [5.74, 6) is 0.765. The second kappa shape index (κ2) is 7.90. The predicted molar refractivity (Wildman–Crippen MR) is 93.4 cm³/mol. The number of nitrogens with one attached hydrogen (secondary N) is 1. The predicted octanol–water partition coefficient (Wildman–Crippen LogP) is 2.92. The second-order valence-electron chi connectivity index (χ2n) is 5.77. The summed E-state index contributed by atoms with van der Waals surface area (Å²) in [6.07, 6.45) is 0.415. The largest absolute Gasteiger partial charge is 0.497 e. The zero-order valence-electron chi connectivity index (χ0n) is 14.6. The summed E-state index contributed by atoms with van der Waals surface area (Å²) >= 11 is 0. The van der Waals surface area contributed by atoms with Crippen LogP contribution in [0.2, 0.25) is 0 Å². The second-order valence-corrected chi connectivity index (χ2v) is 5.77. The van der Waals surface area contributed by atoms with E-state index in [0.717, 1.165) is 0 Å². The summed E-state index contributed by atoms with van der Waals surface area (Å²) in [6, 6.07) is 9.28. The van der Waals surface area contributed by atoms with E-state index in [1.165, 1.54) is 19.2 Å². The van der Waals surface area contributed by atoms with Gasteiger partial charge in [-0.1, -0.05) is 6.07 Å². The SMILES string of the molecule is COc1ccc(NC(=O)N2CCC(Oc3cccc(F)n3)C2)c(OC)c1. The number of pyridine rings is 1. The molecule has 0 saturated carbocycles. The highest BCUT2D eigenvalue weighted by Gasteiger charge is 2.28. The van der Waals surface area contributed by atoms with Gasteiger partial charge < -0.3 is 24.4 Å². The molecule has 7 nitrogen and oxygen atoms in total. The molecule has 138 valence electrons. The summed E-state index contributed by atoms with van der Waals surface area (Å²) in [5, 5.41) is 2.82. The number of likely N-dealkylation sites (tertiary alicyclic amines) is 1. The molecule has 3 rings (SSSR count). The highest BCUT2D eigenvalue weighted by Crippen LogP contribution is 2.29. The Kier molecular flexibility index (Phi) is 5.40. The number of halogens is 1. The summed E-state index contributed by atoms with van der Waals surface area (Å²) in [5.41, 5.74) is 0.550. The Balaban J connectivity index is 1.59. The first kappa shape index (κ1) is 17.8. The van der Waals surface area contributed by atoms with Gasteiger partial charge in [-0.3, -0.25) is 0 Å². The number of anilines is 1. The van der Waals surface area contributed by atoms with E-state index in [2.05, 4.69) is 10.3 Å². The van der Waals surface area contributed by atoms with Crippen LogP contribution >= 0.6 is 0 Å². The molecule has 0 bridgehead atoms. The van der Waals surface area contributed by atoms with Crippen LogP contribution in [0.1, 0.15) is 6.42 Å². The number of aromatic nitrogens is 1. The third kappa shape index (κ3) is 4.14. The van der Waals surface area contributed by atoms with E-state index in [4.69, 9.17) is 14.2 Å². The van der Waals surface area contributed by atoms with Crippen molar-refractivity contribution in [2.24, 2.45) is 0 Å². The number of carbonyl (C=O) groups excluding carboxylic acids is 1. The van der Waals surface area contributed by atoms with Crippen LogP contribution in [0.15, 0.2) is 36.4 Å². The number of urea groups is 1. The van der Waals surface area contributed by atoms with Crippen LogP contribution < -0.4 is 19.5 Å². The lowest BCUT2D eigenvalue weighted by Crippen LogP contribution is -2.34. The first-order chi connectivity index (χ1) is 12.6. The van der Waals surface area contributed by atoms with Gasteiger partial charge in [-0.05, 0) is 18.2 Å². The number of hydrogen-bond acceptors (Lipinski definition) is 5. The van der Waals surface area contributed by atoms with Crippen LogP contribution in [0.5, 0.6) is 17.4 Å². The molecule has 0 aliphatic carbocycles. The average molecular weight is 361 g/mol. The van der Waals surface area contributed by atoms with E-state index in [1.54, 1.807) is 36.3 Å². The van der Waals surface area contributed by atoms with Gasteiger partial charge in [0.05, 0.1) is 26.5 Å². The van der Waals surface area contributed by atoms with Crippen molar-refractivity contribution in [3.05, 3.63) is 42.3 Å². The van der Waals surface area contributed by atoms with E-state index in [9.17, 15) is 9.18 Å². The van der Waals surface area contributed by atoms with Crippen molar-refractivity contribution >= 4 is 11.7 Å². The molecule has 2 amide bonds. The van der Waals surface area contributed by atoms with Gasteiger partial charge in [0.1, 0.15) is 17.6 Å². The number of nitrogens with zero attached hydrogens (tertiary/aromatic N) is 2. The number of benzene rings is 1. The van der Waals surface area contributed by atoms with Crippen molar-refractivity contribution in [2.45, 2.75) is 12.5 Å². The van der Waals surface area contributed by atoms with Crippen molar-refractivity contribution in [1.29, 1.82) is 0 Å². The van der Waals surface area contributed by atoms with Crippen LogP contribution in [0, 0.1) is 5.95 Å². The van der Waals surface area contributed by atoms with E-state index >= 15 is 0 Å². The minimum Gasteiger partial charge on any atom is -0.497 e. The number of carbonyl (C=O) groups is 1. The Morgan fingerprint density at radius 3 is 2.85 bits per heavy atom. The fourth-order valence-corrected chi connectivity index (χ4v) is 2.73. The lowest BCUT2D eigenvalue weighted by Gasteiger charge is -2.19. The van der Waals surface area contributed by atoms with Crippen molar-refractivity contribution in [3.8, 4) is 17.4 Å². The molecule has 8 heteroatoms. The van der Waals surface area contributed by atoms with Crippen LogP contribution in [-0.4, -0.2) is 49.3 Å². The van der Waals surface area contributed by atoms with Gasteiger partial charge in [-0.2, -0.15) is 9.37 Å². The van der Waals surface area contributed by atoms with E-state index in [0.29, 0.717) is 36.7 Å². The van der Waals surface area contributed by atoms with Crippen LogP contribution in [0.25, 0.3) is 0 Å². The Labute approximate surface area is 150 Å². The highest BCUT2D eigenvalue weighted by atomic mass is 19.1. The molecule has 0 spiro atoms. The number of ether oxygens (including phenoxy) is 3. The van der Waals surface area contributed by atoms with Crippen molar-refractivity contribution in [3.63, 3.8) is 0 Å². The number of hydrogen-bond donors (Lipinski definition) is 1. The van der Waals surface area contributed by atoms with Crippen molar-refractivity contribution in [1.82, 2.24) is 9.88 Å². The summed E-state index contributed by atoms with van der Waals surface area (Å²) in [4.78, 5) is 17.8. The first-order valence-corrected chi connectivity index (χ1v) is 8.16. The molecule has 1 aliphatic rings. The molecule has 2 aromatic rings. The Morgan fingerprint density at radius 2 is 2.12 bits per heavy atom. The normalized spacial score (nSPS) is 16.3. The average Bonchev–Trinajstić information content (AvgIpc) is 3.10. The Hall–Kier alpha value is -3.03. The van der Waals surface area contributed by atoms with Crippen molar-refractivity contribution < 1.29 is 23.4 Å². The maximum atomic E-state index is 13.1. The maximum absolute atomic E-state index is 13.1. The fourth-order valence-electron chi connectivity index (χ4n) is 2.73. The quantitative estimate of drug-likeness (QED) is 0.829. The Bertz CT molecular complexity index is 787. The number of amides is 2. The number of rotatable bonds is 5. The molecule has 1 saturated heterocycles. The van der Waals surface area contributed by atoms with E-state index in [1.807, 2.05) is 0 Å². The van der Waals surface area contributed by atoms with Crippen LogP contribution in [0.4, 0.5) is 14.9 Å². The summed E-state index contributed by atoms with van der Waals surface area (Å²) < 4.78 is 29.2. The minimum absolute atomic E-state index is 0.217. The standard InChI is InChI=1S/C18H20FN3O4/c1-24-12-6-7-14(15(10-12)25-2)20-18(23)22-9-8-13(11-22)26-17-5-3-4-16(19)21-17/h3-7,10,13H,8-9,11H2,1-2H3,(H,20,23). The van der Waals surface area contributed by atoms with Gasteiger partial charge in [-0.25, -0.2) is 4.79 Å². The van der Waals surface area contributed by atoms with Crippen LogP contribution in [-0.2, 0) is 0 Å². The van der Waals surface area contributed by atoms with Gasteiger partial charge >= 0.3 is 6.03 Å². The molecule has 2 heterocycles. The number of methoxy groups -OCH3 is 2. The third-order valence-electron chi connectivity index (χ3n) is 4.06. The maximum Gasteiger partial charge on any atom is 0.322 e. The zero-order chi connectivity index (χ0) is 18.5. The molecule has 1 N–H and O–H groups in total. The molecular weight excluding hydrogens is 341 g/mol. The molecule has 1 aromatic heterocycles. The van der Waals surface area contributed by atoms with E-state index in [-0.39, 0.29) is 18.0 Å². The molecule has 0 radical (unpaired) electrons. The molecule has 1 unspecified atom stereocenters. The molecule has 1 aliphatic heterocycles. The smallest absolute Gasteiger partial charge is 0.322 e. The van der Waals surface area contributed by atoms with Gasteiger partial charge in [0, 0.05) is 25.1 Å². The summed E-state index contributed by atoms with van der Waals surface area (Å²) in [6.45, 7) is 0.923. The fraction of sp³-hybridized carbons (Fsp3) is 0.333. The van der Waals surface area contributed by atoms with Gasteiger partial charge in [0.15, 0.2) is 0 Å². The van der Waals surface area contributed by atoms with Gasteiger partial charge in [0.25, 0.3) is 0 Å². The van der Waals surface area contributed by atoms with Crippen molar-refractivity contribution in [2.75, 3.05) is 32.6 Å². The Morgan fingerprint density at radius 1 is 1.27 bits per heavy atom. The summed E-state index contributed by atoms with van der Waals surface area (Å²) in [7, 11) is 3.08. The molecular formula is C18H20FN3O4. The van der Waals surface area contributed by atoms with Crippen LogP contribution in [0.3, 0.4) is 0 Å². The first-order valence-electron chi connectivity index (χ1n) is 8.16. The topological polar surface area (TPSA) is 72.9 Å². The molecule has 26 heavy (non-hydrogen) atoms. The minimum atomic E-state index is -0.596. The van der Waals surface area contributed by atoms with Gasteiger partial charge in [0.2, 0.25) is 11.8 Å². The lowest BCUT2D eigenvalue weighted by atomic mass is 10.2. The monoisotopic (exact) mass is 361 g/mol. The van der Waals surface area contributed by atoms with E-state index < -0.39 is 5.95 Å². The lowest BCUT2D eigenvalue weighted by molar-refractivity contribution is 0.188. The third-order valence-corrected chi connectivity index (χ3v) is 4.06. The molecule has 1 fully saturated rings. The molecule has 1 aromatic carbocycles.